The molecule has 12 heteroatoms. The van der Waals surface area contributed by atoms with Crippen LogP contribution in [0.2, 0.25) is 0 Å². The van der Waals surface area contributed by atoms with Crippen molar-refractivity contribution in [1.82, 2.24) is 15.1 Å². The van der Waals surface area contributed by atoms with Crippen LogP contribution >= 0.6 is 11.8 Å². The lowest BCUT2D eigenvalue weighted by atomic mass is 9.94. The van der Waals surface area contributed by atoms with Crippen molar-refractivity contribution in [2.24, 2.45) is 0 Å². The molecule has 1 fully saturated rings. The van der Waals surface area contributed by atoms with Gasteiger partial charge in [0.25, 0.3) is 0 Å². The summed E-state index contributed by atoms with van der Waals surface area (Å²) in [6.07, 6.45) is -3.78. The minimum atomic E-state index is -4.72. The summed E-state index contributed by atoms with van der Waals surface area (Å²) in [5.74, 6) is -0.431. The van der Waals surface area contributed by atoms with E-state index in [4.69, 9.17) is 10.1 Å². The van der Waals surface area contributed by atoms with E-state index in [2.05, 4.69) is 17.2 Å². The summed E-state index contributed by atoms with van der Waals surface area (Å²) in [6.45, 7) is 6.18. The number of piperazine rings is 1. The first-order valence-corrected chi connectivity index (χ1v) is 13.5. The molecule has 2 aliphatic rings. The van der Waals surface area contributed by atoms with Crippen LogP contribution in [0.3, 0.4) is 0 Å². The van der Waals surface area contributed by atoms with Gasteiger partial charge in [0.15, 0.2) is 0 Å². The minimum absolute atomic E-state index is 0.0520. The van der Waals surface area contributed by atoms with Crippen molar-refractivity contribution in [2.75, 3.05) is 64.0 Å². The van der Waals surface area contributed by atoms with E-state index in [0.29, 0.717) is 62.2 Å². The van der Waals surface area contributed by atoms with Crippen molar-refractivity contribution in [1.29, 1.82) is 5.41 Å². The van der Waals surface area contributed by atoms with Gasteiger partial charge in [0.05, 0.1) is 24.0 Å². The average molecular weight is 566 g/mol. The number of amidine groups is 1. The standard InChI is InChI=1S/C27H31F4N5O2S/c1-3-22(37)35-9-11-36(12-10-35)26(32)20-14-21(27(29,30)31)23(17-4-6-18(28)7-5-17)25-24(20)34-15-19(16-39-25)38-13-8-33-2/h3-7,14,19,32-34H,1,8-13,15-16H2,2H3. The van der Waals surface area contributed by atoms with E-state index in [1.165, 1.54) is 30.0 Å². The summed E-state index contributed by atoms with van der Waals surface area (Å²) in [4.78, 5) is 15.6. The molecule has 0 radical (unpaired) electrons. The second kappa shape index (κ2) is 12.4. The average Bonchev–Trinajstić information content (AvgIpc) is 3.14. The van der Waals surface area contributed by atoms with E-state index in [0.717, 1.165) is 18.2 Å². The molecule has 1 atom stereocenters. The zero-order chi connectivity index (χ0) is 28.2. The molecule has 0 aromatic heterocycles. The number of rotatable bonds is 7. The molecule has 0 bridgehead atoms. The maximum absolute atomic E-state index is 14.6. The van der Waals surface area contributed by atoms with Crippen molar-refractivity contribution in [3.8, 4) is 11.1 Å². The van der Waals surface area contributed by atoms with Gasteiger partial charge in [-0.25, -0.2) is 4.39 Å². The highest BCUT2D eigenvalue weighted by Gasteiger charge is 2.39. The number of hydrogen-bond acceptors (Lipinski definition) is 6. The predicted molar refractivity (Wildman–Crippen MR) is 145 cm³/mol. The zero-order valence-electron chi connectivity index (χ0n) is 21.5. The van der Waals surface area contributed by atoms with E-state index in [-0.39, 0.29) is 34.5 Å². The lowest BCUT2D eigenvalue weighted by Crippen LogP contribution is -2.50. The van der Waals surface area contributed by atoms with Gasteiger partial charge < -0.3 is 25.2 Å². The molecule has 39 heavy (non-hydrogen) atoms. The number of carbonyl (C=O) groups excluding carboxylic acids is 1. The van der Waals surface area contributed by atoms with Gasteiger partial charge in [-0.2, -0.15) is 13.2 Å². The fourth-order valence-corrected chi connectivity index (χ4v) is 5.89. The van der Waals surface area contributed by atoms with E-state index in [1.807, 2.05) is 0 Å². The van der Waals surface area contributed by atoms with Crippen LogP contribution in [0.15, 0.2) is 47.9 Å². The second-order valence-electron chi connectivity index (χ2n) is 9.21. The summed E-state index contributed by atoms with van der Waals surface area (Å²) in [5.41, 5.74) is -0.170. The number of fused-ring (bicyclic) bond motifs is 1. The molecule has 1 amide bonds. The van der Waals surface area contributed by atoms with Crippen LogP contribution in [0.1, 0.15) is 11.1 Å². The normalized spacial score (nSPS) is 17.7. The lowest BCUT2D eigenvalue weighted by molar-refractivity contribution is -0.137. The fraction of sp³-hybridized carbons (Fsp3) is 0.407. The molecule has 3 N–H and O–H groups in total. The Labute approximate surface area is 229 Å². The molecule has 2 heterocycles. The lowest BCUT2D eigenvalue weighted by Gasteiger charge is -2.36. The number of amides is 1. The zero-order valence-corrected chi connectivity index (χ0v) is 22.4. The largest absolute Gasteiger partial charge is 0.417 e. The number of nitrogens with zero attached hydrogens (tertiary/aromatic N) is 2. The molecule has 0 aliphatic carbocycles. The van der Waals surface area contributed by atoms with Crippen molar-refractivity contribution in [3.63, 3.8) is 0 Å². The fourth-order valence-electron chi connectivity index (χ4n) is 4.63. The van der Waals surface area contributed by atoms with Crippen LogP contribution in [-0.2, 0) is 15.7 Å². The van der Waals surface area contributed by atoms with Crippen LogP contribution in [0.4, 0.5) is 23.2 Å². The summed E-state index contributed by atoms with van der Waals surface area (Å²) < 4.78 is 63.3. The molecule has 7 nitrogen and oxygen atoms in total. The summed E-state index contributed by atoms with van der Waals surface area (Å²) >= 11 is 1.24. The van der Waals surface area contributed by atoms with Gasteiger partial charge in [-0.15, -0.1) is 11.8 Å². The Morgan fingerprint density at radius 1 is 1.23 bits per heavy atom. The van der Waals surface area contributed by atoms with Gasteiger partial charge in [-0.3, -0.25) is 10.2 Å². The Morgan fingerprint density at radius 3 is 2.51 bits per heavy atom. The third-order valence-electron chi connectivity index (χ3n) is 6.68. The Kier molecular flexibility index (Phi) is 9.19. The number of alkyl halides is 3. The van der Waals surface area contributed by atoms with E-state index >= 15 is 0 Å². The maximum Gasteiger partial charge on any atom is 0.417 e. The molecule has 0 saturated carbocycles. The van der Waals surface area contributed by atoms with E-state index in [9.17, 15) is 22.4 Å². The smallest absolute Gasteiger partial charge is 0.381 e. The van der Waals surface area contributed by atoms with Gasteiger partial charge in [0.1, 0.15) is 11.7 Å². The quantitative estimate of drug-likeness (QED) is 0.153. The molecule has 4 rings (SSSR count). The summed E-state index contributed by atoms with van der Waals surface area (Å²) in [5, 5.41) is 15.2. The first-order chi connectivity index (χ1) is 18.6. The highest BCUT2D eigenvalue weighted by molar-refractivity contribution is 7.99. The molecule has 1 unspecified atom stereocenters. The van der Waals surface area contributed by atoms with Crippen molar-refractivity contribution in [3.05, 3.63) is 59.9 Å². The Hall–Kier alpha value is -3.09. The Bertz CT molecular complexity index is 1210. The molecule has 0 spiro atoms. The Morgan fingerprint density at radius 2 is 1.90 bits per heavy atom. The highest BCUT2D eigenvalue weighted by Crippen LogP contribution is 2.48. The van der Waals surface area contributed by atoms with Crippen LogP contribution in [0.5, 0.6) is 0 Å². The van der Waals surface area contributed by atoms with Gasteiger partial charge >= 0.3 is 6.18 Å². The molecule has 2 aliphatic heterocycles. The van der Waals surface area contributed by atoms with Crippen LogP contribution < -0.4 is 10.6 Å². The van der Waals surface area contributed by atoms with Crippen LogP contribution in [0.25, 0.3) is 11.1 Å². The monoisotopic (exact) mass is 565 g/mol. The number of benzene rings is 2. The van der Waals surface area contributed by atoms with Gasteiger partial charge in [0, 0.05) is 61.0 Å². The SMILES string of the molecule is C=CC(=O)N1CCN(C(=N)c2cc(C(F)(F)F)c(-c3ccc(F)cc3)c3c2NCC(OCCNC)CS3)CC1. The number of anilines is 1. The van der Waals surface area contributed by atoms with Crippen molar-refractivity contribution in [2.45, 2.75) is 17.2 Å². The van der Waals surface area contributed by atoms with Crippen LogP contribution in [0, 0.1) is 11.2 Å². The second-order valence-corrected chi connectivity index (χ2v) is 10.2. The van der Waals surface area contributed by atoms with Gasteiger partial charge in [-0.1, -0.05) is 18.7 Å². The molecule has 2 aromatic carbocycles. The number of carbonyl (C=O) groups is 1. The number of thioether (sulfide) groups is 1. The van der Waals surface area contributed by atoms with Crippen molar-refractivity contribution < 1.29 is 27.1 Å². The highest BCUT2D eigenvalue weighted by atomic mass is 32.2. The van der Waals surface area contributed by atoms with Crippen LogP contribution in [-0.4, -0.2) is 86.3 Å². The first-order valence-electron chi connectivity index (χ1n) is 12.6. The third-order valence-corrected chi connectivity index (χ3v) is 7.92. The van der Waals surface area contributed by atoms with E-state index in [1.54, 1.807) is 16.8 Å². The Balaban J connectivity index is 1.78. The minimum Gasteiger partial charge on any atom is -0.381 e. The number of nitrogens with one attached hydrogen (secondary N) is 3. The number of ether oxygens (including phenoxy) is 1. The number of halogens is 4. The van der Waals surface area contributed by atoms with Crippen molar-refractivity contribution >= 4 is 29.2 Å². The number of likely N-dealkylation sites (N-methyl/N-ethyl adjacent to an activating group) is 1. The third kappa shape index (κ3) is 6.56. The molecule has 210 valence electrons. The molecule has 1 saturated heterocycles. The van der Waals surface area contributed by atoms with E-state index < -0.39 is 17.6 Å². The summed E-state index contributed by atoms with van der Waals surface area (Å²) in [7, 11) is 1.80. The topological polar surface area (TPSA) is 80.7 Å². The number of hydrogen-bond donors (Lipinski definition) is 3. The predicted octanol–water partition coefficient (Wildman–Crippen LogP) is 4.29. The van der Waals surface area contributed by atoms with Gasteiger partial charge in [-0.05, 0) is 36.9 Å². The molecular weight excluding hydrogens is 534 g/mol. The van der Waals surface area contributed by atoms with Gasteiger partial charge in [0.2, 0.25) is 5.91 Å². The first kappa shape index (κ1) is 28.9. The maximum atomic E-state index is 14.6. The molecule has 2 aromatic rings. The molecular formula is C27H31F4N5O2S. The summed E-state index contributed by atoms with van der Waals surface area (Å²) in [6, 6.07) is 5.97.